The largest absolute Gasteiger partial charge is 0.356 e. The van der Waals surface area contributed by atoms with Crippen LogP contribution >= 0.6 is 34.5 Å². The summed E-state index contributed by atoms with van der Waals surface area (Å²) in [5.74, 6) is -0.718. The molecule has 0 aliphatic carbocycles. The zero-order valence-corrected chi connectivity index (χ0v) is 23.4. The SMILES string of the molecule is O=C(CC1C(=O)N(C(Cl)Cc2ccc(Cl)cc2)CC(=O)N1CCc1cccs1)NCCCN1CCCC1=O. The third-order valence-corrected chi connectivity index (χ3v) is 8.46. The van der Waals surface area contributed by atoms with Crippen LogP contribution in [-0.4, -0.2) is 82.6 Å². The van der Waals surface area contributed by atoms with E-state index in [0.29, 0.717) is 50.3 Å². The molecule has 1 aromatic carbocycles. The van der Waals surface area contributed by atoms with Crippen molar-refractivity contribution < 1.29 is 19.2 Å². The molecule has 4 rings (SSSR count). The lowest BCUT2D eigenvalue weighted by molar-refractivity contribution is -0.157. The minimum atomic E-state index is -0.928. The quantitative estimate of drug-likeness (QED) is 0.238. The highest BCUT2D eigenvalue weighted by molar-refractivity contribution is 7.09. The van der Waals surface area contributed by atoms with Gasteiger partial charge in [-0.25, -0.2) is 0 Å². The zero-order chi connectivity index (χ0) is 27.1. The van der Waals surface area contributed by atoms with Crippen molar-refractivity contribution >= 4 is 58.2 Å². The van der Waals surface area contributed by atoms with E-state index in [4.69, 9.17) is 23.2 Å². The van der Waals surface area contributed by atoms with E-state index in [0.717, 1.165) is 23.4 Å². The van der Waals surface area contributed by atoms with Crippen LogP contribution in [0.4, 0.5) is 0 Å². The van der Waals surface area contributed by atoms with Crippen molar-refractivity contribution in [1.29, 1.82) is 0 Å². The topological polar surface area (TPSA) is 90.0 Å². The highest BCUT2D eigenvalue weighted by atomic mass is 35.5. The van der Waals surface area contributed by atoms with E-state index < -0.39 is 11.5 Å². The molecule has 0 saturated carbocycles. The van der Waals surface area contributed by atoms with Crippen molar-refractivity contribution in [3.8, 4) is 0 Å². The van der Waals surface area contributed by atoms with Crippen molar-refractivity contribution in [2.24, 2.45) is 0 Å². The summed E-state index contributed by atoms with van der Waals surface area (Å²) in [6.07, 6.45) is 2.91. The molecule has 2 aliphatic heterocycles. The number of rotatable bonds is 12. The molecule has 38 heavy (non-hydrogen) atoms. The van der Waals surface area contributed by atoms with Gasteiger partial charge in [0.2, 0.25) is 23.6 Å². The van der Waals surface area contributed by atoms with E-state index >= 15 is 0 Å². The van der Waals surface area contributed by atoms with E-state index in [9.17, 15) is 19.2 Å². The molecule has 1 N–H and O–H groups in total. The lowest BCUT2D eigenvalue weighted by Gasteiger charge is -2.41. The molecule has 2 unspecified atom stereocenters. The maximum atomic E-state index is 13.6. The number of nitrogens with one attached hydrogen (secondary N) is 1. The molecule has 0 spiro atoms. The van der Waals surface area contributed by atoms with Crippen LogP contribution in [0.25, 0.3) is 0 Å². The maximum absolute atomic E-state index is 13.6. The van der Waals surface area contributed by atoms with Crippen molar-refractivity contribution in [3.05, 3.63) is 57.2 Å². The number of thiophene rings is 1. The number of carbonyl (C=O) groups excluding carboxylic acids is 4. The predicted octanol–water partition coefficient (Wildman–Crippen LogP) is 3.31. The van der Waals surface area contributed by atoms with Gasteiger partial charge in [0.15, 0.2) is 0 Å². The smallest absolute Gasteiger partial charge is 0.247 e. The normalized spacial score (nSPS) is 18.8. The fraction of sp³-hybridized carbons (Fsp3) is 0.481. The van der Waals surface area contributed by atoms with Crippen LogP contribution in [0.5, 0.6) is 0 Å². The molecule has 204 valence electrons. The highest BCUT2D eigenvalue weighted by Crippen LogP contribution is 2.23. The van der Waals surface area contributed by atoms with Gasteiger partial charge >= 0.3 is 0 Å². The second-order valence-electron chi connectivity index (χ2n) is 9.56. The summed E-state index contributed by atoms with van der Waals surface area (Å²) in [4.78, 5) is 57.3. The summed E-state index contributed by atoms with van der Waals surface area (Å²) in [5, 5.41) is 5.42. The van der Waals surface area contributed by atoms with Crippen LogP contribution in [0.1, 0.15) is 36.1 Å². The average Bonchev–Trinajstić information content (AvgIpc) is 3.56. The summed E-state index contributed by atoms with van der Waals surface area (Å²) in [5.41, 5.74) is 0.149. The fourth-order valence-electron chi connectivity index (χ4n) is 4.82. The van der Waals surface area contributed by atoms with Crippen molar-refractivity contribution in [1.82, 2.24) is 20.0 Å². The molecule has 2 aromatic rings. The monoisotopic (exact) mass is 578 g/mol. The van der Waals surface area contributed by atoms with Crippen molar-refractivity contribution in [3.63, 3.8) is 0 Å². The van der Waals surface area contributed by atoms with E-state index in [1.807, 2.05) is 29.6 Å². The lowest BCUT2D eigenvalue weighted by Crippen LogP contribution is -2.62. The van der Waals surface area contributed by atoms with Crippen molar-refractivity contribution in [2.75, 3.05) is 32.7 Å². The second kappa shape index (κ2) is 13.4. The summed E-state index contributed by atoms with van der Waals surface area (Å²) in [7, 11) is 0. The van der Waals surface area contributed by atoms with Gasteiger partial charge in [0, 0.05) is 48.9 Å². The number of amides is 4. The number of hydrogen-bond acceptors (Lipinski definition) is 5. The first kappa shape index (κ1) is 28.4. The molecule has 3 heterocycles. The fourth-order valence-corrected chi connectivity index (χ4v) is 5.99. The van der Waals surface area contributed by atoms with Gasteiger partial charge in [-0.1, -0.05) is 41.4 Å². The van der Waals surface area contributed by atoms with Gasteiger partial charge in [-0.15, -0.1) is 11.3 Å². The molecule has 4 amide bonds. The minimum absolute atomic E-state index is 0.132. The molecule has 1 aromatic heterocycles. The van der Waals surface area contributed by atoms with Gasteiger partial charge in [-0.05, 0) is 48.4 Å². The van der Waals surface area contributed by atoms with E-state index in [1.165, 1.54) is 9.80 Å². The van der Waals surface area contributed by atoms with E-state index in [2.05, 4.69) is 5.32 Å². The second-order valence-corrected chi connectivity index (χ2v) is 11.5. The van der Waals surface area contributed by atoms with Crippen LogP contribution in [0, 0.1) is 0 Å². The molecule has 2 fully saturated rings. The van der Waals surface area contributed by atoms with Gasteiger partial charge in [0.1, 0.15) is 18.1 Å². The number of halogens is 2. The zero-order valence-electron chi connectivity index (χ0n) is 21.1. The highest BCUT2D eigenvalue weighted by Gasteiger charge is 2.42. The maximum Gasteiger partial charge on any atom is 0.247 e. The standard InChI is InChI=1S/C27H32Cl2N4O4S/c28-20-8-6-19(7-9-20)16-23(29)33-18-26(36)32(14-10-21-4-2-15-38-21)22(27(33)37)17-24(34)30-11-3-13-31-12-1-5-25(31)35/h2,4,6-9,15,22-23H,1,3,5,10-14,16-18H2,(H,30,34). The third kappa shape index (κ3) is 7.48. The Balaban J connectivity index is 1.39. The molecule has 0 radical (unpaired) electrons. The third-order valence-electron chi connectivity index (χ3n) is 6.88. The number of piperazine rings is 1. The summed E-state index contributed by atoms with van der Waals surface area (Å²) in [6, 6.07) is 10.2. The molecule has 2 saturated heterocycles. The number of benzene rings is 1. The molecule has 2 atom stereocenters. The van der Waals surface area contributed by atoms with Crippen LogP contribution in [0.3, 0.4) is 0 Å². The van der Waals surface area contributed by atoms with Gasteiger partial charge in [0.05, 0.1) is 6.42 Å². The van der Waals surface area contributed by atoms with Gasteiger partial charge < -0.3 is 20.0 Å². The Kier molecular flexibility index (Phi) is 10.0. The molecule has 2 aliphatic rings. The summed E-state index contributed by atoms with van der Waals surface area (Å²) >= 11 is 14.2. The molecular formula is C27H32Cl2N4O4S. The van der Waals surface area contributed by atoms with Gasteiger partial charge in [-0.2, -0.15) is 0 Å². The first-order chi connectivity index (χ1) is 18.3. The average molecular weight is 580 g/mol. The number of carbonyl (C=O) groups is 4. The number of likely N-dealkylation sites (tertiary alicyclic amines) is 1. The Labute approximate surface area is 236 Å². The van der Waals surface area contributed by atoms with E-state index in [1.54, 1.807) is 28.4 Å². The first-order valence-corrected chi connectivity index (χ1v) is 14.6. The van der Waals surface area contributed by atoms with E-state index in [-0.39, 0.29) is 36.6 Å². The van der Waals surface area contributed by atoms with Crippen LogP contribution in [-0.2, 0) is 32.0 Å². The lowest BCUT2D eigenvalue weighted by atomic mass is 10.0. The predicted molar refractivity (Wildman–Crippen MR) is 148 cm³/mol. The Hall–Kier alpha value is -2.62. The van der Waals surface area contributed by atoms with Crippen LogP contribution < -0.4 is 5.32 Å². The summed E-state index contributed by atoms with van der Waals surface area (Å²) in [6.45, 7) is 1.96. The Morgan fingerprint density at radius 1 is 1.11 bits per heavy atom. The Bertz CT molecular complexity index is 1130. The Morgan fingerprint density at radius 2 is 1.89 bits per heavy atom. The molecule has 8 nitrogen and oxygen atoms in total. The minimum Gasteiger partial charge on any atom is -0.356 e. The first-order valence-electron chi connectivity index (χ1n) is 12.9. The number of alkyl halides is 1. The number of nitrogens with zero attached hydrogens (tertiary/aromatic N) is 3. The Morgan fingerprint density at radius 3 is 2.58 bits per heavy atom. The summed E-state index contributed by atoms with van der Waals surface area (Å²) < 4.78 is 0. The molecule has 11 heteroatoms. The molecular weight excluding hydrogens is 547 g/mol. The van der Waals surface area contributed by atoms with Gasteiger partial charge in [0.25, 0.3) is 0 Å². The number of hydrogen-bond donors (Lipinski definition) is 1. The van der Waals surface area contributed by atoms with Gasteiger partial charge in [-0.3, -0.25) is 19.2 Å². The van der Waals surface area contributed by atoms with Crippen LogP contribution in [0.15, 0.2) is 41.8 Å². The van der Waals surface area contributed by atoms with Crippen LogP contribution in [0.2, 0.25) is 5.02 Å². The van der Waals surface area contributed by atoms with Crippen molar-refractivity contribution in [2.45, 2.75) is 50.1 Å². The molecule has 0 bridgehead atoms.